The number of esters is 2. The largest absolute Gasteiger partial charge is 0.494 e. The summed E-state index contributed by atoms with van der Waals surface area (Å²) in [4.78, 5) is 23.4. The van der Waals surface area contributed by atoms with Crippen LogP contribution in [0.3, 0.4) is 0 Å². The molecule has 0 bridgehead atoms. The summed E-state index contributed by atoms with van der Waals surface area (Å²) in [5.74, 6) is 0.797. The molecule has 0 fully saturated rings. The number of hydrogen-bond acceptors (Lipinski definition) is 5. The molecule has 0 amide bonds. The van der Waals surface area contributed by atoms with Crippen molar-refractivity contribution in [3.05, 3.63) is 54.1 Å². The van der Waals surface area contributed by atoms with Gasteiger partial charge in [-0.05, 0) is 55.0 Å². The maximum absolute atomic E-state index is 12.2. The average molecular weight is 356 g/mol. The normalized spacial score (nSPS) is 10.2. The van der Waals surface area contributed by atoms with Crippen LogP contribution in [0.25, 0.3) is 0 Å². The molecule has 0 unspecified atom stereocenters. The van der Waals surface area contributed by atoms with E-state index >= 15 is 0 Å². The van der Waals surface area contributed by atoms with E-state index in [0.29, 0.717) is 30.1 Å². The van der Waals surface area contributed by atoms with E-state index in [1.54, 1.807) is 55.5 Å². The summed E-state index contributed by atoms with van der Waals surface area (Å²) >= 11 is 0. The van der Waals surface area contributed by atoms with Crippen molar-refractivity contribution < 1.29 is 23.8 Å². The third kappa shape index (κ3) is 6.24. The van der Waals surface area contributed by atoms with Crippen molar-refractivity contribution in [2.75, 3.05) is 6.61 Å². The smallest absolute Gasteiger partial charge is 0.343 e. The van der Waals surface area contributed by atoms with Gasteiger partial charge in [-0.15, -0.1) is 0 Å². The Morgan fingerprint density at radius 2 is 1.35 bits per heavy atom. The Balaban J connectivity index is 1.87. The molecule has 0 aliphatic rings. The molecular weight excluding hydrogens is 332 g/mol. The molecule has 0 atom stereocenters. The molecular formula is C21H24O5. The van der Waals surface area contributed by atoms with Crippen LogP contribution in [0.15, 0.2) is 48.5 Å². The summed E-state index contributed by atoms with van der Waals surface area (Å²) < 4.78 is 16.0. The number of benzene rings is 2. The van der Waals surface area contributed by atoms with Gasteiger partial charge in [0.05, 0.1) is 12.2 Å². The molecule has 2 aromatic carbocycles. The molecule has 0 saturated heterocycles. The molecule has 2 rings (SSSR count). The third-order valence-corrected chi connectivity index (χ3v) is 3.66. The minimum Gasteiger partial charge on any atom is -0.494 e. The summed E-state index contributed by atoms with van der Waals surface area (Å²) in [6.07, 6.45) is 3.62. The van der Waals surface area contributed by atoms with Gasteiger partial charge >= 0.3 is 11.9 Å². The highest BCUT2D eigenvalue weighted by Gasteiger charge is 2.10. The molecule has 0 heterocycles. The van der Waals surface area contributed by atoms with Gasteiger partial charge in [0.2, 0.25) is 0 Å². The van der Waals surface area contributed by atoms with Crippen molar-refractivity contribution in [2.24, 2.45) is 0 Å². The molecule has 0 N–H and O–H groups in total. The molecule has 5 nitrogen and oxygen atoms in total. The van der Waals surface area contributed by atoms with Gasteiger partial charge in [-0.2, -0.15) is 0 Å². The highest BCUT2D eigenvalue weighted by atomic mass is 16.5. The van der Waals surface area contributed by atoms with Crippen LogP contribution in [-0.2, 0) is 4.79 Å². The number of carbonyl (C=O) groups excluding carboxylic acids is 2. The Morgan fingerprint density at radius 3 is 1.96 bits per heavy atom. The summed E-state index contributed by atoms with van der Waals surface area (Å²) in [5, 5.41) is 0. The predicted octanol–water partition coefficient (Wildman–Crippen LogP) is 4.79. The lowest BCUT2D eigenvalue weighted by atomic mass is 10.2. The van der Waals surface area contributed by atoms with Gasteiger partial charge in [-0.25, -0.2) is 4.79 Å². The highest BCUT2D eigenvalue weighted by molar-refractivity contribution is 5.91. The lowest BCUT2D eigenvalue weighted by Gasteiger charge is -2.08. The zero-order valence-electron chi connectivity index (χ0n) is 15.2. The van der Waals surface area contributed by atoms with Gasteiger partial charge in [0.15, 0.2) is 0 Å². The minimum absolute atomic E-state index is 0.294. The molecule has 0 saturated carbocycles. The van der Waals surface area contributed by atoms with Gasteiger partial charge < -0.3 is 14.2 Å². The topological polar surface area (TPSA) is 61.8 Å². The second-order valence-electron chi connectivity index (χ2n) is 5.77. The fourth-order valence-corrected chi connectivity index (χ4v) is 2.17. The maximum Gasteiger partial charge on any atom is 0.343 e. The molecule has 0 spiro atoms. The Labute approximate surface area is 153 Å². The number of carbonyl (C=O) groups is 2. The molecule has 26 heavy (non-hydrogen) atoms. The summed E-state index contributed by atoms with van der Waals surface area (Å²) in [7, 11) is 0. The quantitative estimate of drug-likeness (QED) is 0.367. The van der Waals surface area contributed by atoms with E-state index in [4.69, 9.17) is 14.2 Å². The van der Waals surface area contributed by atoms with Crippen LogP contribution in [0.4, 0.5) is 0 Å². The standard InChI is InChI=1S/C21H24O5/c1-3-5-6-15-24-17-11-13-19(14-12-17)26-21(23)16-7-9-18(10-8-16)25-20(22)4-2/h7-14H,3-6,15H2,1-2H3. The number of rotatable bonds is 9. The van der Waals surface area contributed by atoms with Crippen molar-refractivity contribution >= 4 is 11.9 Å². The van der Waals surface area contributed by atoms with E-state index in [9.17, 15) is 9.59 Å². The molecule has 138 valence electrons. The van der Waals surface area contributed by atoms with Gasteiger partial charge in [0, 0.05) is 6.42 Å². The van der Waals surface area contributed by atoms with E-state index in [1.807, 2.05) is 0 Å². The monoisotopic (exact) mass is 356 g/mol. The third-order valence-electron chi connectivity index (χ3n) is 3.66. The first-order valence-corrected chi connectivity index (χ1v) is 8.88. The van der Waals surface area contributed by atoms with Crippen molar-refractivity contribution in [3.8, 4) is 17.2 Å². The lowest BCUT2D eigenvalue weighted by Crippen LogP contribution is -2.09. The van der Waals surface area contributed by atoms with Crippen LogP contribution >= 0.6 is 0 Å². The molecule has 0 aromatic heterocycles. The second-order valence-corrected chi connectivity index (χ2v) is 5.77. The van der Waals surface area contributed by atoms with Crippen LogP contribution in [0.1, 0.15) is 49.9 Å². The second kappa shape index (κ2) is 10.2. The van der Waals surface area contributed by atoms with E-state index in [-0.39, 0.29) is 5.97 Å². The molecule has 0 aliphatic heterocycles. The first-order chi connectivity index (χ1) is 12.6. The minimum atomic E-state index is -0.477. The van der Waals surface area contributed by atoms with E-state index in [0.717, 1.165) is 25.0 Å². The molecule has 5 heteroatoms. The van der Waals surface area contributed by atoms with Crippen molar-refractivity contribution in [1.82, 2.24) is 0 Å². The van der Waals surface area contributed by atoms with Crippen LogP contribution in [0.5, 0.6) is 17.2 Å². The average Bonchev–Trinajstić information content (AvgIpc) is 2.67. The Bertz CT molecular complexity index is 704. The summed E-state index contributed by atoms with van der Waals surface area (Å²) in [5.41, 5.74) is 0.376. The van der Waals surface area contributed by atoms with Crippen molar-refractivity contribution in [3.63, 3.8) is 0 Å². The summed E-state index contributed by atoms with van der Waals surface area (Å²) in [6, 6.07) is 13.2. The zero-order chi connectivity index (χ0) is 18.8. The highest BCUT2D eigenvalue weighted by Crippen LogP contribution is 2.20. The van der Waals surface area contributed by atoms with E-state index in [1.165, 1.54) is 0 Å². The first kappa shape index (κ1) is 19.5. The molecule has 0 aliphatic carbocycles. The Morgan fingerprint density at radius 1 is 0.769 bits per heavy atom. The van der Waals surface area contributed by atoms with Gasteiger partial charge in [0.1, 0.15) is 17.2 Å². The van der Waals surface area contributed by atoms with Crippen LogP contribution < -0.4 is 14.2 Å². The van der Waals surface area contributed by atoms with E-state index in [2.05, 4.69) is 6.92 Å². The molecule has 2 aromatic rings. The number of ether oxygens (including phenoxy) is 3. The van der Waals surface area contributed by atoms with Crippen LogP contribution in [0, 0.1) is 0 Å². The van der Waals surface area contributed by atoms with E-state index < -0.39 is 5.97 Å². The Hall–Kier alpha value is -2.82. The van der Waals surface area contributed by atoms with Gasteiger partial charge in [-0.3, -0.25) is 4.79 Å². The van der Waals surface area contributed by atoms with Gasteiger partial charge in [0.25, 0.3) is 0 Å². The Kier molecular flexibility index (Phi) is 7.68. The van der Waals surface area contributed by atoms with Crippen molar-refractivity contribution in [2.45, 2.75) is 39.5 Å². The number of unbranched alkanes of at least 4 members (excludes halogenated alkanes) is 2. The zero-order valence-corrected chi connectivity index (χ0v) is 15.2. The van der Waals surface area contributed by atoms with Crippen LogP contribution in [-0.4, -0.2) is 18.5 Å². The summed E-state index contributed by atoms with van der Waals surface area (Å²) in [6.45, 7) is 4.55. The predicted molar refractivity (Wildman–Crippen MR) is 98.8 cm³/mol. The maximum atomic E-state index is 12.2. The SMILES string of the molecule is CCCCCOc1ccc(OC(=O)c2ccc(OC(=O)CC)cc2)cc1. The van der Waals surface area contributed by atoms with Crippen LogP contribution in [0.2, 0.25) is 0 Å². The fourth-order valence-electron chi connectivity index (χ4n) is 2.17. The lowest BCUT2D eigenvalue weighted by molar-refractivity contribution is -0.134. The number of hydrogen-bond donors (Lipinski definition) is 0. The fraction of sp³-hybridized carbons (Fsp3) is 0.333. The van der Waals surface area contributed by atoms with Crippen molar-refractivity contribution in [1.29, 1.82) is 0 Å². The molecule has 0 radical (unpaired) electrons. The van der Waals surface area contributed by atoms with Gasteiger partial charge in [-0.1, -0.05) is 26.7 Å². The first-order valence-electron chi connectivity index (χ1n) is 8.88.